The summed E-state index contributed by atoms with van der Waals surface area (Å²) in [6, 6.07) is 9.43. The third-order valence-electron chi connectivity index (χ3n) is 3.37. The van der Waals surface area contributed by atoms with Gasteiger partial charge in [0, 0.05) is 23.7 Å². The Kier molecular flexibility index (Phi) is 3.93. The molecular weight excluding hydrogens is 254 g/mol. The fraction of sp³-hybridized carbons (Fsp3) is 0.375. The number of esters is 1. The van der Waals surface area contributed by atoms with Crippen LogP contribution in [-0.4, -0.2) is 24.5 Å². The van der Waals surface area contributed by atoms with E-state index in [0.717, 1.165) is 5.69 Å². The SMILES string of the molecule is C/C=C/C(=O)OC1C(=O)N(c2ccccc2)CC1(C)C. The first-order valence-electron chi connectivity index (χ1n) is 6.65. The number of allylic oxidation sites excluding steroid dienone is 1. The Bertz CT molecular complexity index is 534. The first-order valence-corrected chi connectivity index (χ1v) is 6.65. The zero-order valence-electron chi connectivity index (χ0n) is 12.0. The normalized spacial score (nSPS) is 21.4. The smallest absolute Gasteiger partial charge is 0.331 e. The van der Waals surface area contributed by atoms with Gasteiger partial charge in [0.15, 0.2) is 6.10 Å². The molecule has 0 saturated carbocycles. The number of nitrogens with zero attached hydrogens (tertiary/aromatic N) is 1. The van der Waals surface area contributed by atoms with Crippen LogP contribution in [0.25, 0.3) is 0 Å². The van der Waals surface area contributed by atoms with Gasteiger partial charge in [-0.15, -0.1) is 0 Å². The van der Waals surface area contributed by atoms with E-state index < -0.39 is 17.5 Å². The van der Waals surface area contributed by atoms with Crippen molar-refractivity contribution in [3.8, 4) is 0 Å². The molecule has 0 spiro atoms. The summed E-state index contributed by atoms with van der Waals surface area (Å²) in [6.07, 6.45) is 2.18. The van der Waals surface area contributed by atoms with Gasteiger partial charge in [0.05, 0.1) is 0 Å². The number of carbonyl (C=O) groups is 2. The lowest BCUT2D eigenvalue weighted by atomic mass is 9.89. The van der Waals surface area contributed by atoms with E-state index in [1.54, 1.807) is 17.9 Å². The molecule has 1 saturated heterocycles. The van der Waals surface area contributed by atoms with Crippen molar-refractivity contribution in [3.63, 3.8) is 0 Å². The lowest BCUT2D eigenvalue weighted by Crippen LogP contribution is -2.35. The minimum Gasteiger partial charge on any atom is -0.448 e. The van der Waals surface area contributed by atoms with E-state index in [-0.39, 0.29) is 5.91 Å². The van der Waals surface area contributed by atoms with Crippen molar-refractivity contribution in [2.75, 3.05) is 11.4 Å². The van der Waals surface area contributed by atoms with Gasteiger partial charge < -0.3 is 9.64 Å². The summed E-state index contributed by atoms with van der Waals surface area (Å²) in [5, 5.41) is 0. The number of anilines is 1. The van der Waals surface area contributed by atoms with Crippen LogP contribution in [0.5, 0.6) is 0 Å². The third kappa shape index (κ3) is 2.74. The second-order valence-electron chi connectivity index (χ2n) is 5.57. The molecular formula is C16H19NO3. The lowest BCUT2D eigenvalue weighted by Gasteiger charge is -2.22. The second kappa shape index (κ2) is 5.49. The first kappa shape index (κ1) is 14.3. The van der Waals surface area contributed by atoms with Crippen molar-refractivity contribution in [3.05, 3.63) is 42.5 Å². The summed E-state index contributed by atoms with van der Waals surface area (Å²) in [5.41, 5.74) is 0.416. The molecule has 1 aliphatic rings. The first-order chi connectivity index (χ1) is 9.45. The lowest BCUT2D eigenvalue weighted by molar-refractivity contribution is -0.153. The summed E-state index contributed by atoms with van der Waals surface area (Å²) < 4.78 is 5.31. The molecule has 1 aromatic carbocycles. The summed E-state index contributed by atoms with van der Waals surface area (Å²) in [6.45, 7) is 6.13. The van der Waals surface area contributed by atoms with Gasteiger partial charge in [-0.25, -0.2) is 4.79 Å². The molecule has 0 bridgehead atoms. The van der Waals surface area contributed by atoms with E-state index in [1.807, 2.05) is 44.2 Å². The Morgan fingerprint density at radius 2 is 2.00 bits per heavy atom. The number of hydrogen-bond acceptors (Lipinski definition) is 3. The van der Waals surface area contributed by atoms with E-state index in [1.165, 1.54) is 6.08 Å². The minimum absolute atomic E-state index is 0.168. The molecule has 20 heavy (non-hydrogen) atoms. The topological polar surface area (TPSA) is 46.6 Å². The van der Waals surface area contributed by atoms with E-state index in [9.17, 15) is 9.59 Å². The van der Waals surface area contributed by atoms with E-state index in [4.69, 9.17) is 4.74 Å². The van der Waals surface area contributed by atoms with Gasteiger partial charge in [-0.05, 0) is 19.1 Å². The van der Waals surface area contributed by atoms with Crippen LogP contribution < -0.4 is 4.90 Å². The highest BCUT2D eigenvalue weighted by Gasteiger charge is 2.49. The molecule has 0 radical (unpaired) electrons. The molecule has 1 unspecified atom stereocenters. The molecule has 4 nitrogen and oxygen atoms in total. The standard InChI is InChI=1S/C16H19NO3/c1-4-8-13(18)20-14-15(19)17(11-16(14,2)3)12-9-6-5-7-10-12/h4-10,14H,11H2,1-3H3/b8-4+. The minimum atomic E-state index is -0.744. The van der Waals surface area contributed by atoms with Gasteiger partial charge in [0.1, 0.15) is 0 Å². The summed E-state index contributed by atoms with van der Waals surface area (Å²) in [4.78, 5) is 25.8. The number of hydrogen-bond donors (Lipinski definition) is 0. The van der Waals surface area contributed by atoms with Gasteiger partial charge in [-0.1, -0.05) is 38.1 Å². The highest BCUT2D eigenvalue weighted by Crippen LogP contribution is 2.35. The number of carbonyl (C=O) groups excluding carboxylic acids is 2. The van der Waals surface area contributed by atoms with Gasteiger partial charge in [0.25, 0.3) is 5.91 Å². The maximum Gasteiger partial charge on any atom is 0.331 e. The molecule has 1 amide bonds. The van der Waals surface area contributed by atoms with E-state index in [0.29, 0.717) is 6.54 Å². The summed E-state index contributed by atoms with van der Waals surface area (Å²) in [7, 11) is 0. The van der Waals surface area contributed by atoms with Crippen LogP contribution >= 0.6 is 0 Å². The van der Waals surface area contributed by atoms with E-state index >= 15 is 0 Å². The molecule has 1 fully saturated rings. The van der Waals surface area contributed by atoms with E-state index in [2.05, 4.69) is 0 Å². The van der Waals surface area contributed by atoms with Crippen LogP contribution in [0, 0.1) is 5.41 Å². The molecule has 0 aliphatic carbocycles. The number of rotatable bonds is 3. The van der Waals surface area contributed by atoms with Crippen molar-refractivity contribution in [2.45, 2.75) is 26.9 Å². The third-order valence-corrected chi connectivity index (χ3v) is 3.37. The van der Waals surface area contributed by atoms with Crippen molar-refractivity contribution >= 4 is 17.6 Å². The van der Waals surface area contributed by atoms with Crippen molar-refractivity contribution in [1.82, 2.24) is 0 Å². The molecule has 1 aliphatic heterocycles. The molecule has 4 heteroatoms. The number of ether oxygens (including phenoxy) is 1. The van der Waals surface area contributed by atoms with Crippen molar-refractivity contribution < 1.29 is 14.3 Å². The van der Waals surface area contributed by atoms with Crippen molar-refractivity contribution in [1.29, 1.82) is 0 Å². The van der Waals surface area contributed by atoms with Gasteiger partial charge in [-0.2, -0.15) is 0 Å². The largest absolute Gasteiger partial charge is 0.448 e. The Hall–Kier alpha value is -2.10. The van der Waals surface area contributed by atoms with Crippen LogP contribution in [0.1, 0.15) is 20.8 Å². The van der Waals surface area contributed by atoms with Crippen LogP contribution in [0.4, 0.5) is 5.69 Å². The fourth-order valence-corrected chi connectivity index (χ4v) is 2.37. The Morgan fingerprint density at radius 3 is 2.60 bits per heavy atom. The molecule has 2 rings (SSSR count). The quantitative estimate of drug-likeness (QED) is 0.628. The maximum atomic E-state index is 12.5. The average Bonchev–Trinajstić information content (AvgIpc) is 2.64. The van der Waals surface area contributed by atoms with Gasteiger partial charge in [0.2, 0.25) is 0 Å². The second-order valence-corrected chi connectivity index (χ2v) is 5.57. The maximum absolute atomic E-state index is 12.5. The zero-order chi connectivity index (χ0) is 14.8. The molecule has 0 N–H and O–H groups in total. The highest BCUT2D eigenvalue weighted by molar-refractivity contribution is 6.01. The summed E-state index contributed by atoms with van der Waals surface area (Å²) in [5.74, 6) is -0.645. The van der Waals surface area contributed by atoms with Crippen LogP contribution in [0.15, 0.2) is 42.5 Å². The van der Waals surface area contributed by atoms with Crippen LogP contribution in [-0.2, 0) is 14.3 Å². The monoisotopic (exact) mass is 273 g/mol. The van der Waals surface area contributed by atoms with Crippen LogP contribution in [0.2, 0.25) is 0 Å². The van der Waals surface area contributed by atoms with Gasteiger partial charge in [-0.3, -0.25) is 4.79 Å². The molecule has 1 heterocycles. The molecule has 0 aromatic heterocycles. The predicted molar refractivity (Wildman–Crippen MR) is 77.3 cm³/mol. The predicted octanol–water partition coefficient (Wildman–Crippen LogP) is 2.55. The van der Waals surface area contributed by atoms with Gasteiger partial charge >= 0.3 is 5.97 Å². The number of para-hydroxylation sites is 1. The molecule has 1 atom stereocenters. The fourth-order valence-electron chi connectivity index (χ4n) is 2.37. The Morgan fingerprint density at radius 1 is 1.35 bits per heavy atom. The zero-order valence-corrected chi connectivity index (χ0v) is 12.0. The average molecular weight is 273 g/mol. The summed E-state index contributed by atoms with van der Waals surface area (Å²) >= 11 is 0. The highest BCUT2D eigenvalue weighted by atomic mass is 16.5. The number of amides is 1. The molecule has 106 valence electrons. The Balaban J connectivity index is 2.22. The van der Waals surface area contributed by atoms with Crippen molar-refractivity contribution in [2.24, 2.45) is 5.41 Å². The molecule has 1 aromatic rings. The van der Waals surface area contributed by atoms with Crippen LogP contribution in [0.3, 0.4) is 0 Å². The Labute approximate surface area is 119 Å². The number of benzene rings is 1.